The molecule has 3 N–H and O–H groups in total. The number of halogens is 1. The number of hydrogen-bond acceptors (Lipinski definition) is 3. The molecular weight excluding hydrogens is 455 g/mol. The third-order valence-electron chi connectivity index (χ3n) is 4.08. The molecule has 1 fully saturated rings. The van der Waals surface area contributed by atoms with Crippen LogP contribution in [0.15, 0.2) is 35.3 Å². The molecule has 1 aliphatic rings. The van der Waals surface area contributed by atoms with E-state index in [9.17, 15) is 4.79 Å². The summed E-state index contributed by atoms with van der Waals surface area (Å²) in [7, 11) is 0. The number of aliphatic imine (C=N–C) groups is 1. The molecule has 2 rings (SSSR count). The van der Waals surface area contributed by atoms with E-state index >= 15 is 0 Å². The Hall–Kier alpha value is -1.35. The first-order valence-electron chi connectivity index (χ1n) is 9.72. The van der Waals surface area contributed by atoms with Gasteiger partial charge in [-0.2, -0.15) is 0 Å². The van der Waals surface area contributed by atoms with Gasteiger partial charge >= 0.3 is 0 Å². The highest BCUT2D eigenvalue weighted by Gasteiger charge is 2.20. The first-order valence-corrected chi connectivity index (χ1v) is 9.72. The van der Waals surface area contributed by atoms with Crippen molar-refractivity contribution in [2.24, 2.45) is 10.9 Å². The summed E-state index contributed by atoms with van der Waals surface area (Å²) in [5.74, 6) is 1.61. The van der Waals surface area contributed by atoms with E-state index in [2.05, 4.69) is 27.9 Å². The molecule has 0 bridgehead atoms. The van der Waals surface area contributed by atoms with Crippen molar-refractivity contribution in [2.45, 2.75) is 32.6 Å². The average Bonchev–Trinajstić information content (AvgIpc) is 3.49. The van der Waals surface area contributed by atoms with E-state index in [-0.39, 0.29) is 29.9 Å². The SMILES string of the molecule is CCNC(=NCCCNC(=O)c1ccccc1)NCCCOCC1CC1.I. The largest absolute Gasteiger partial charge is 0.381 e. The van der Waals surface area contributed by atoms with Gasteiger partial charge in [0.25, 0.3) is 5.91 Å². The van der Waals surface area contributed by atoms with Crippen LogP contribution in [-0.2, 0) is 4.74 Å². The molecule has 0 heterocycles. The maximum Gasteiger partial charge on any atom is 0.251 e. The molecule has 7 heteroatoms. The second kappa shape index (κ2) is 14.7. The summed E-state index contributed by atoms with van der Waals surface area (Å²) in [5, 5.41) is 9.48. The van der Waals surface area contributed by atoms with Gasteiger partial charge in [-0.05, 0) is 50.7 Å². The monoisotopic (exact) mass is 488 g/mol. The van der Waals surface area contributed by atoms with E-state index in [1.165, 1.54) is 12.8 Å². The molecule has 1 saturated carbocycles. The normalized spacial score (nSPS) is 13.6. The zero-order chi connectivity index (χ0) is 18.5. The lowest BCUT2D eigenvalue weighted by Crippen LogP contribution is -2.38. The number of nitrogens with zero attached hydrogens (tertiary/aromatic N) is 1. The Morgan fingerprint density at radius 3 is 2.56 bits per heavy atom. The number of amides is 1. The summed E-state index contributed by atoms with van der Waals surface area (Å²) in [6, 6.07) is 9.26. The van der Waals surface area contributed by atoms with Gasteiger partial charge in [-0.15, -0.1) is 24.0 Å². The van der Waals surface area contributed by atoms with Crippen molar-refractivity contribution in [1.29, 1.82) is 0 Å². The molecule has 0 spiro atoms. The highest BCUT2D eigenvalue weighted by atomic mass is 127. The average molecular weight is 488 g/mol. The van der Waals surface area contributed by atoms with Crippen LogP contribution in [0.25, 0.3) is 0 Å². The Morgan fingerprint density at radius 1 is 1.11 bits per heavy atom. The fourth-order valence-electron chi connectivity index (χ4n) is 2.42. The second-order valence-electron chi connectivity index (χ2n) is 6.53. The Balaban J connectivity index is 0.00000364. The minimum Gasteiger partial charge on any atom is -0.381 e. The van der Waals surface area contributed by atoms with Crippen LogP contribution in [0.5, 0.6) is 0 Å². The maximum atomic E-state index is 11.9. The van der Waals surface area contributed by atoms with Gasteiger partial charge in [0.15, 0.2) is 5.96 Å². The van der Waals surface area contributed by atoms with Crippen molar-refractivity contribution >= 4 is 35.8 Å². The van der Waals surface area contributed by atoms with Crippen LogP contribution in [-0.4, -0.2) is 51.3 Å². The van der Waals surface area contributed by atoms with Gasteiger partial charge in [-0.1, -0.05) is 18.2 Å². The Bertz CT molecular complexity index is 550. The summed E-state index contributed by atoms with van der Waals surface area (Å²) in [6.45, 7) is 6.73. The number of hydrogen-bond donors (Lipinski definition) is 3. The zero-order valence-electron chi connectivity index (χ0n) is 16.2. The number of rotatable bonds is 12. The lowest BCUT2D eigenvalue weighted by molar-refractivity contribution is 0.0953. The van der Waals surface area contributed by atoms with Crippen LogP contribution in [0.4, 0.5) is 0 Å². The highest BCUT2D eigenvalue weighted by molar-refractivity contribution is 14.0. The zero-order valence-corrected chi connectivity index (χ0v) is 18.5. The predicted molar refractivity (Wildman–Crippen MR) is 121 cm³/mol. The van der Waals surface area contributed by atoms with Crippen molar-refractivity contribution < 1.29 is 9.53 Å². The van der Waals surface area contributed by atoms with E-state index in [4.69, 9.17) is 4.74 Å². The summed E-state index contributed by atoms with van der Waals surface area (Å²) in [5.41, 5.74) is 0.690. The number of carbonyl (C=O) groups is 1. The first kappa shape index (κ1) is 23.7. The summed E-state index contributed by atoms with van der Waals surface area (Å²) in [6.07, 6.45) is 4.45. The molecule has 0 aliphatic heterocycles. The molecule has 1 aromatic carbocycles. The number of ether oxygens (including phenoxy) is 1. The minimum absolute atomic E-state index is 0. The van der Waals surface area contributed by atoms with Gasteiger partial charge in [0.1, 0.15) is 0 Å². The molecule has 0 atom stereocenters. The first-order chi connectivity index (χ1) is 12.8. The molecule has 152 valence electrons. The quantitative estimate of drug-likeness (QED) is 0.183. The van der Waals surface area contributed by atoms with Crippen molar-refractivity contribution in [1.82, 2.24) is 16.0 Å². The topological polar surface area (TPSA) is 74.8 Å². The van der Waals surface area contributed by atoms with E-state index in [1.54, 1.807) is 0 Å². The molecule has 0 unspecified atom stereocenters. The lowest BCUT2D eigenvalue weighted by Gasteiger charge is -2.11. The predicted octanol–water partition coefficient (Wildman–Crippen LogP) is 2.80. The highest BCUT2D eigenvalue weighted by Crippen LogP contribution is 2.28. The fourth-order valence-corrected chi connectivity index (χ4v) is 2.42. The third kappa shape index (κ3) is 11.2. The van der Waals surface area contributed by atoms with Crippen LogP contribution in [0.1, 0.15) is 43.0 Å². The van der Waals surface area contributed by atoms with E-state index in [1.807, 2.05) is 30.3 Å². The number of nitrogens with one attached hydrogen (secondary N) is 3. The van der Waals surface area contributed by atoms with Gasteiger partial charge in [-0.25, -0.2) is 0 Å². The molecule has 1 amide bonds. The Labute approximate surface area is 179 Å². The van der Waals surface area contributed by atoms with Crippen LogP contribution >= 0.6 is 24.0 Å². The van der Waals surface area contributed by atoms with Gasteiger partial charge < -0.3 is 20.7 Å². The molecule has 1 aliphatic carbocycles. The van der Waals surface area contributed by atoms with Gasteiger partial charge in [0.05, 0.1) is 0 Å². The van der Waals surface area contributed by atoms with Gasteiger partial charge in [0, 0.05) is 45.0 Å². The van der Waals surface area contributed by atoms with E-state index in [0.717, 1.165) is 51.0 Å². The molecule has 27 heavy (non-hydrogen) atoms. The van der Waals surface area contributed by atoms with Crippen LogP contribution < -0.4 is 16.0 Å². The van der Waals surface area contributed by atoms with Crippen molar-refractivity contribution in [3.8, 4) is 0 Å². The molecular formula is C20H33IN4O2. The van der Waals surface area contributed by atoms with E-state index < -0.39 is 0 Å². The minimum atomic E-state index is -0.0363. The molecule has 6 nitrogen and oxygen atoms in total. The maximum absolute atomic E-state index is 11.9. The van der Waals surface area contributed by atoms with Crippen LogP contribution in [0.2, 0.25) is 0 Å². The standard InChI is InChI=1S/C20H32N4O2.HI/c1-2-21-20(24-14-7-15-26-16-17-10-11-17)23-13-6-12-22-19(25)18-8-4-3-5-9-18;/h3-5,8-9,17H,2,6-7,10-16H2,1H3,(H,22,25)(H2,21,23,24);1H. The molecule has 0 radical (unpaired) electrons. The van der Waals surface area contributed by atoms with Crippen LogP contribution in [0.3, 0.4) is 0 Å². The summed E-state index contributed by atoms with van der Waals surface area (Å²) < 4.78 is 5.63. The summed E-state index contributed by atoms with van der Waals surface area (Å²) >= 11 is 0. The molecule has 1 aromatic rings. The summed E-state index contributed by atoms with van der Waals surface area (Å²) in [4.78, 5) is 16.5. The molecule has 0 aromatic heterocycles. The lowest BCUT2D eigenvalue weighted by atomic mass is 10.2. The van der Waals surface area contributed by atoms with Crippen LogP contribution in [0, 0.1) is 5.92 Å². The Morgan fingerprint density at radius 2 is 1.85 bits per heavy atom. The van der Waals surface area contributed by atoms with Gasteiger partial charge in [-0.3, -0.25) is 9.79 Å². The van der Waals surface area contributed by atoms with Crippen molar-refractivity contribution in [3.05, 3.63) is 35.9 Å². The smallest absolute Gasteiger partial charge is 0.251 e. The van der Waals surface area contributed by atoms with Gasteiger partial charge in [0.2, 0.25) is 0 Å². The third-order valence-corrected chi connectivity index (χ3v) is 4.08. The number of carbonyl (C=O) groups excluding carboxylic acids is 1. The van der Waals surface area contributed by atoms with Crippen molar-refractivity contribution in [2.75, 3.05) is 39.4 Å². The van der Waals surface area contributed by atoms with E-state index in [0.29, 0.717) is 18.7 Å². The van der Waals surface area contributed by atoms with Crippen molar-refractivity contribution in [3.63, 3.8) is 0 Å². The second-order valence-corrected chi connectivity index (χ2v) is 6.53. The number of benzene rings is 1. The number of guanidine groups is 1. The Kier molecular flexibility index (Phi) is 12.9. The molecule has 0 saturated heterocycles. The fraction of sp³-hybridized carbons (Fsp3) is 0.600.